The highest BCUT2D eigenvalue weighted by Gasteiger charge is 2.43. The Balaban J connectivity index is 1.89. The van der Waals surface area contributed by atoms with Crippen molar-refractivity contribution in [1.82, 2.24) is 0 Å². The van der Waals surface area contributed by atoms with Crippen LogP contribution in [0.15, 0.2) is 0 Å². The normalized spacial score (nSPS) is 42.4. The van der Waals surface area contributed by atoms with Crippen molar-refractivity contribution >= 4 is 0 Å². The van der Waals surface area contributed by atoms with Gasteiger partial charge in [0.05, 0.1) is 18.3 Å². The number of hydrogen-bond acceptors (Lipinski definition) is 2. The molecule has 0 radical (unpaired) electrons. The minimum Gasteiger partial charge on any atom is -0.390 e. The van der Waals surface area contributed by atoms with E-state index in [-0.39, 0.29) is 12.2 Å². The summed E-state index contributed by atoms with van der Waals surface area (Å²) in [6, 6.07) is 0. The van der Waals surface area contributed by atoms with E-state index in [4.69, 9.17) is 4.74 Å². The third kappa shape index (κ3) is 1.96. The summed E-state index contributed by atoms with van der Waals surface area (Å²) in [5, 5.41) is 10.1. The zero-order valence-corrected chi connectivity index (χ0v) is 9.11. The maximum atomic E-state index is 10.1. The summed E-state index contributed by atoms with van der Waals surface area (Å²) < 4.78 is 5.93. The Bertz CT molecular complexity index is 181. The molecule has 82 valence electrons. The average molecular weight is 198 g/mol. The Labute approximate surface area is 86.6 Å². The number of aliphatic hydroxyl groups is 1. The Morgan fingerprint density at radius 2 is 2.07 bits per heavy atom. The van der Waals surface area contributed by atoms with E-state index in [1.165, 1.54) is 38.5 Å². The maximum absolute atomic E-state index is 10.1. The van der Waals surface area contributed by atoms with Crippen LogP contribution in [0.4, 0.5) is 0 Å². The molecule has 2 heteroatoms. The van der Waals surface area contributed by atoms with Crippen molar-refractivity contribution in [2.45, 2.75) is 70.2 Å². The summed E-state index contributed by atoms with van der Waals surface area (Å²) in [7, 11) is 0. The van der Waals surface area contributed by atoms with Gasteiger partial charge in [0.25, 0.3) is 0 Å². The van der Waals surface area contributed by atoms with Gasteiger partial charge >= 0.3 is 0 Å². The van der Waals surface area contributed by atoms with E-state index in [0.717, 1.165) is 6.42 Å². The summed E-state index contributed by atoms with van der Waals surface area (Å²) in [5.74, 6) is 0.450. The number of rotatable bonds is 3. The highest BCUT2D eigenvalue weighted by atomic mass is 16.5. The van der Waals surface area contributed by atoms with Crippen molar-refractivity contribution in [3.63, 3.8) is 0 Å². The van der Waals surface area contributed by atoms with Gasteiger partial charge in [0.15, 0.2) is 0 Å². The van der Waals surface area contributed by atoms with Gasteiger partial charge in [-0.3, -0.25) is 0 Å². The van der Waals surface area contributed by atoms with Gasteiger partial charge in [0.1, 0.15) is 0 Å². The Hall–Kier alpha value is -0.0800. The second-order valence-electron chi connectivity index (χ2n) is 4.79. The Morgan fingerprint density at radius 1 is 1.29 bits per heavy atom. The van der Waals surface area contributed by atoms with Crippen LogP contribution >= 0.6 is 0 Å². The number of fused-ring (bicyclic) bond motifs is 1. The number of hydrogen-bond donors (Lipinski definition) is 1. The van der Waals surface area contributed by atoms with Gasteiger partial charge < -0.3 is 9.84 Å². The molecule has 0 bridgehead atoms. The standard InChI is InChI=1S/C12H22O2/c1-2-3-7-11-12(13)9-6-4-5-8-10(9)14-11/h9-13H,2-8H2,1H3. The van der Waals surface area contributed by atoms with Crippen LogP contribution in [0.2, 0.25) is 0 Å². The van der Waals surface area contributed by atoms with Gasteiger partial charge in [-0.25, -0.2) is 0 Å². The lowest BCUT2D eigenvalue weighted by Gasteiger charge is -2.24. The van der Waals surface area contributed by atoms with Crippen molar-refractivity contribution in [2.75, 3.05) is 0 Å². The largest absolute Gasteiger partial charge is 0.390 e. The van der Waals surface area contributed by atoms with Crippen molar-refractivity contribution in [1.29, 1.82) is 0 Å². The van der Waals surface area contributed by atoms with E-state index < -0.39 is 0 Å². The molecule has 0 aromatic heterocycles. The Kier molecular flexibility index (Phi) is 3.45. The van der Waals surface area contributed by atoms with E-state index >= 15 is 0 Å². The molecule has 1 aliphatic heterocycles. The molecule has 0 amide bonds. The molecule has 0 aromatic rings. The van der Waals surface area contributed by atoms with E-state index in [1.807, 2.05) is 0 Å². The molecule has 4 atom stereocenters. The molecule has 1 N–H and O–H groups in total. The minimum absolute atomic E-state index is 0.142. The van der Waals surface area contributed by atoms with Crippen LogP contribution in [-0.4, -0.2) is 23.4 Å². The lowest BCUT2D eigenvalue weighted by Crippen LogP contribution is -2.29. The van der Waals surface area contributed by atoms with Gasteiger partial charge in [-0.2, -0.15) is 0 Å². The minimum atomic E-state index is -0.174. The van der Waals surface area contributed by atoms with Crippen molar-refractivity contribution in [2.24, 2.45) is 5.92 Å². The van der Waals surface area contributed by atoms with Gasteiger partial charge in [-0.1, -0.05) is 32.6 Å². The molecular formula is C12H22O2. The molecule has 4 unspecified atom stereocenters. The fourth-order valence-corrected chi connectivity index (χ4v) is 2.91. The molecule has 2 nitrogen and oxygen atoms in total. The summed E-state index contributed by atoms with van der Waals surface area (Å²) in [6.45, 7) is 2.19. The monoisotopic (exact) mass is 198 g/mol. The Morgan fingerprint density at radius 3 is 2.79 bits per heavy atom. The quantitative estimate of drug-likeness (QED) is 0.755. The number of unbranched alkanes of at least 4 members (excludes halogenated alkanes) is 1. The summed E-state index contributed by atoms with van der Waals surface area (Å²) >= 11 is 0. The van der Waals surface area contributed by atoms with Crippen LogP contribution in [0.3, 0.4) is 0 Å². The predicted molar refractivity (Wildman–Crippen MR) is 56.2 cm³/mol. The molecule has 2 aliphatic rings. The third-order valence-corrected chi connectivity index (χ3v) is 3.77. The topological polar surface area (TPSA) is 29.5 Å². The number of ether oxygens (including phenoxy) is 1. The second-order valence-corrected chi connectivity index (χ2v) is 4.79. The first-order valence-electron chi connectivity index (χ1n) is 6.16. The van der Waals surface area contributed by atoms with Crippen LogP contribution in [0, 0.1) is 5.92 Å². The SMILES string of the molecule is CCCCC1OC2CCCCC2C1O. The number of aliphatic hydroxyl groups excluding tert-OH is 1. The van der Waals surface area contributed by atoms with Crippen LogP contribution in [0.25, 0.3) is 0 Å². The van der Waals surface area contributed by atoms with Gasteiger partial charge in [0, 0.05) is 5.92 Å². The maximum Gasteiger partial charge on any atom is 0.0854 e. The molecule has 0 spiro atoms. The van der Waals surface area contributed by atoms with Crippen LogP contribution in [0.1, 0.15) is 51.9 Å². The zero-order valence-electron chi connectivity index (χ0n) is 9.11. The predicted octanol–water partition coefficient (Wildman–Crippen LogP) is 2.50. The average Bonchev–Trinajstić information content (AvgIpc) is 2.54. The molecular weight excluding hydrogens is 176 g/mol. The smallest absolute Gasteiger partial charge is 0.0854 e. The van der Waals surface area contributed by atoms with E-state index in [2.05, 4.69) is 6.92 Å². The van der Waals surface area contributed by atoms with Crippen LogP contribution in [0.5, 0.6) is 0 Å². The second kappa shape index (κ2) is 4.63. The molecule has 14 heavy (non-hydrogen) atoms. The van der Waals surface area contributed by atoms with Crippen LogP contribution < -0.4 is 0 Å². The van der Waals surface area contributed by atoms with Gasteiger partial charge in [-0.05, 0) is 19.3 Å². The molecule has 1 saturated carbocycles. The lowest BCUT2D eigenvalue weighted by molar-refractivity contribution is -0.000563. The summed E-state index contributed by atoms with van der Waals surface area (Å²) in [5.41, 5.74) is 0. The molecule has 2 fully saturated rings. The molecule has 0 aromatic carbocycles. The van der Waals surface area contributed by atoms with Crippen molar-refractivity contribution < 1.29 is 9.84 Å². The first-order chi connectivity index (χ1) is 6.83. The first-order valence-corrected chi connectivity index (χ1v) is 6.16. The van der Waals surface area contributed by atoms with Crippen LogP contribution in [-0.2, 0) is 4.74 Å². The van der Waals surface area contributed by atoms with Gasteiger partial charge in [-0.15, -0.1) is 0 Å². The highest BCUT2D eigenvalue weighted by molar-refractivity contribution is 4.92. The van der Waals surface area contributed by atoms with E-state index in [0.29, 0.717) is 12.0 Å². The fraction of sp³-hybridized carbons (Fsp3) is 1.00. The molecule has 1 saturated heterocycles. The zero-order chi connectivity index (χ0) is 9.97. The molecule has 1 heterocycles. The van der Waals surface area contributed by atoms with E-state index in [1.54, 1.807) is 0 Å². The van der Waals surface area contributed by atoms with Gasteiger partial charge in [0.2, 0.25) is 0 Å². The molecule has 1 aliphatic carbocycles. The highest BCUT2D eigenvalue weighted by Crippen LogP contribution is 2.38. The lowest BCUT2D eigenvalue weighted by atomic mass is 9.83. The third-order valence-electron chi connectivity index (χ3n) is 3.77. The summed E-state index contributed by atoms with van der Waals surface area (Å²) in [4.78, 5) is 0. The van der Waals surface area contributed by atoms with Crippen molar-refractivity contribution in [3.8, 4) is 0 Å². The van der Waals surface area contributed by atoms with Crippen molar-refractivity contribution in [3.05, 3.63) is 0 Å². The molecule has 2 rings (SSSR count). The first kappa shape index (κ1) is 10.4. The summed E-state index contributed by atoms with van der Waals surface area (Å²) in [6.07, 6.45) is 8.68. The fourth-order valence-electron chi connectivity index (χ4n) is 2.91. The van der Waals surface area contributed by atoms with E-state index in [9.17, 15) is 5.11 Å².